The molecule has 4 nitrogen and oxygen atoms in total. The number of guanidine groups is 1. The van der Waals surface area contributed by atoms with E-state index >= 15 is 0 Å². The van der Waals surface area contributed by atoms with E-state index in [-0.39, 0.29) is 0 Å². The van der Waals surface area contributed by atoms with Crippen LogP contribution in [-0.4, -0.2) is 43.6 Å². The summed E-state index contributed by atoms with van der Waals surface area (Å²) in [6.45, 7) is 3.02. The smallest absolute Gasteiger partial charge is 0.191 e. The van der Waals surface area contributed by atoms with Crippen LogP contribution in [0.5, 0.6) is 0 Å². The molecule has 2 fully saturated rings. The van der Waals surface area contributed by atoms with Gasteiger partial charge in [-0.2, -0.15) is 0 Å². The molecule has 0 spiro atoms. The Labute approximate surface area is 137 Å². The summed E-state index contributed by atoms with van der Waals surface area (Å²) in [5, 5.41) is 6.91. The van der Waals surface area contributed by atoms with Crippen LogP contribution in [0.15, 0.2) is 34.2 Å². The topological polar surface area (TPSA) is 45.7 Å². The van der Waals surface area contributed by atoms with E-state index in [0.717, 1.165) is 24.7 Å². The minimum atomic E-state index is 0.380. The Morgan fingerprint density at radius 2 is 2.14 bits per heavy atom. The molecule has 3 rings (SSSR count). The van der Waals surface area contributed by atoms with Crippen LogP contribution in [-0.2, 0) is 4.74 Å². The Morgan fingerprint density at radius 1 is 1.32 bits per heavy atom. The molecule has 2 bridgehead atoms. The van der Waals surface area contributed by atoms with E-state index in [1.54, 1.807) is 0 Å². The van der Waals surface area contributed by atoms with Crippen LogP contribution in [0.4, 0.5) is 0 Å². The van der Waals surface area contributed by atoms with Crippen LogP contribution in [0, 0.1) is 6.92 Å². The van der Waals surface area contributed by atoms with Crippen LogP contribution < -0.4 is 10.6 Å². The van der Waals surface area contributed by atoms with E-state index in [9.17, 15) is 0 Å². The van der Waals surface area contributed by atoms with Crippen molar-refractivity contribution in [1.29, 1.82) is 0 Å². The van der Waals surface area contributed by atoms with Gasteiger partial charge in [-0.1, -0.05) is 17.7 Å². The van der Waals surface area contributed by atoms with Crippen LogP contribution in [0.3, 0.4) is 0 Å². The molecular formula is C17H25N3OS. The molecule has 22 heavy (non-hydrogen) atoms. The average molecular weight is 319 g/mol. The molecule has 0 aromatic heterocycles. The minimum absolute atomic E-state index is 0.380. The first-order valence-electron chi connectivity index (χ1n) is 8.06. The van der Waals surface area contributed by atoms with Gasteiger partial charge in [0.15, 0.2) is 5.96 Å². The van der Waals surface area contributed by atoms with Gasteiger partial charge in [0, 0.05) is 24.2 Å². The van der Waals surface area contributed by atoms with Crippen molar-refractivity contribution in [3.8, 4) is 0 Å². The van der Waals surface area contributed by atoms with Gasteiger partial charge in [0.1, 0.15) is 0 Å². The number of nitrogens with zero attached hydrogens (tertiary/aromatic N) is 1. The Bertz CT molecular complexity index is 517. The molecule has 0 amide bonds. The van der Waals surface area contributed by atoms with Gasteiger partial charge in [-0.15, -0.1) is 11.8 Å². The summed E-state index contributed by atoms with van der Waals surface area (Å²) in [5.74, 6) is 1.92. The van der Waals surface area contributed by atoms with Crippen molar-refractivity contribution in [2.45, 2.75) is 49.3 Å². The lowest BCUT2D eigenvalue weighted by Crippen LogP contribution is -2.47. The van der Waals surface area contributed by atoms with Crippen LogP contribution in [0.1, 0.15) is 24.8 Å². The summed E-state index contributed by atoms with van der Waals surface area (Å²) in [6, 6.07) is 9.10. The van der Waals surface area contributed by atoms with E-state index in [1.807, 2.05) is 18.8 Å². The maximum Gasteiger partial charge on any atom is 0.191 e. The summed E-state index contributed by atoms with van der Waals surface area (Å²) in [6.07, 6.45) is 4.37. The number of hydrogen-bond acceptors (Lipinski definition) is 3. The van der Waals surface area contributed by atoms with Gasteiger partial charge < -0.3 is 15.4 Å². The largest absolute Gasteiger partial charge is 0.373 e. The number of aryl methyl sites for hydroxylation is 1. The van der Waals surface area contributed by atoms with Crippen LogP contribution >= 0.6 is 11.8 Å². The lowest BCUT2D eigenvalue weighted by Gasteiger charge is -2.22. The fourth-order valence-corrected chi connectivity index (χ4v) is 3.90. The molecule has 3 unspecified atom stereocenters. The van der Waals surface area contributed by atoms with Crippen molar-refractivity contribution in [2.75, 3.05) is 19.3 Å². The zero-order chi connectivity index (χ0) is 15.4. The van der Waals surface area contributed by atoms with Crippen molar-refractivity contribution in [1.82, 2.24) is 10.6 Å². The predicted molar refractivity (Wildman–Crippen MR) is 92.7 cm³/mol. The highest BCUT2D eigenvalue weighted by Crippen LogP contribution is 2.34. The fourth-order valence-electron chi connectivity index (χ4n) is 3.13. The molecule has 5 heteroatoms. The Kier molecular flexibility index (Phi) is 5.26. The summed E-state index contributed by atoms with van der Waals surface area (Å²) >= 11 is 1.87. The van der Waals surface area contributed by atoms with Gasteiger partial charge in [0.25, 0.3) is 0 Å². The number of nitrogens with one attached hydrogen (secondary N) is 2. The molecule has 0 aliphatic carbocycles. The van der Waals surface area contributed by atoms with Gasteiger partial charge in [-0.05, 0) is 38.3 Å². The molecule has 1 aromatic carbocycles. The fraction of sp³-hybridized carbons (Fsp3) is 0.588. The van der Waals surface area contributed by atoms with Crippen molar-refractivity contribution in [3.63, 3.8) is 0 Å². The highest BCUT2D eigenvalue weighted by atomic mass is 32.2. The van der Waals surface area contributed by atoms with Gasteiger partial charge in [-0.25, -0.2) is 0 Å². The second kappa shape index (κ2) is 7.38. The maximum absolute atomic E-state index is 5.87. The highest BCUT2D eigenvalue weighted by molar-refractivity contribution is 7.99. The minimum Gasteiger partial charge on any atom is -0.373 e. The first-order valence-corrected chi connectivity index (χ1v) is 9.05. The summed E-state index contributed by atoms with van der Waals surface area (Å²) in [4.78, 5) is 5.64. The lowest BCUT2D eigenvalue weighted by molar-refractivity contribution is 0.0992. The Hall–Kier alpha value is -1.20. The second-order valence-corrected chi connectivity index (χ2v) is 7.19. The molecule has 2 saturated heterocycles. The first kappa shape index (κ1) is 15.7. The third-order valence-electron chi connectivity index (χ3n) is 4.34. The van der Waals surface area contributed by atoms with E-state index in [4.69, 9.17) is 4.74 Å². The van der Waals surface area contributed by atoms with Crippen molar-refractivity contribution >= 4 is 17.7 Å². The normalized spacial score (nSPS) is 27.2. The van der Waals surface area contributed by atoms with E-state index in [2.05, 4.69) is 46.8 Å². The zero-order valence-corrected chi connectivity index (χ0v) is 14.2. The van der Waals surface area contributed by atoms with Gasteiger partial charge in [0.2, 0.25) is 0 Å². The number of fused-ring (bicyclic) bond motifs is 2. The van der Waals surface area contributed by atoms with E-state index in [1.165, 1.54) is 23.3 Å². The van der Waals surface area contributed by atoms with Gasteiger partial charge in [-0.3, -0.25) is 4.99 Å². The monoisotopic (exact) mass is 319 g/mol. The van der Waals surface area contributed by atoms with Crippen LogP contribution in [0.2, 0.25) is 0 Å². The van der Waals surface area contributed by atoms with E-state index in [0.29, 0.717) is 18.2 Å². The number of aliphatic imine (C=N–C) groups is 1. The number of benzene rings is 1. The average Bonchev–Trinajstić information content (AvgIpc) is 3.14. The molecular weight excluding hydrogens is 294 g/mol. The SMILES string of the molecule is CN=C(NCCSc1ccc(C)cc1)NC1CC2CCC1O2. The highest BCUT2D eigenvalue weighted by Gasteiger charge is 2.41. The van der Waals surface area contributed by atoms with Crippen molar-refractivity contribution in [3.05, 3.63) is 29.8 Å². The molecule has 3 atom stereocenters. The molecule has 2 aliphatic rings. The number of ether oxygens (including phenoxy) is 1. The lowest BCUT2D eigenvalue weighted by atomic mass is 9.96. The summed E-state index contributed by atoms with van der Waals surface area (Å²) in [5.41, 5.74) is 1.31. The van der Waals surface area contributed by atoms with Gasteiger partial charge in [0.05, 0.1) is 18.2 Å². The van der Waals surface area contributed by atoms with Gasteiger partial charge >= 0.3 is 0 Å². The van der Waals surface area contributed by atoms with Crippen molar-refractivity contribution < 1.29 is 4.74 Å². The number of rotatable bonds is 5. The summed E-state index contributed by atoms with van der Waals surface area (Å²) < 4.78 is 5.87. The quantitative estimate of drug-likeness (QED) is 0.379. The van der Waals surface area contributed by atoms with E-state index < -0.39 is 0 Å². The predicted octanol–water partition coefficient (Wildman–Crippen LogP) is 2.57. The third-order valence-corrected chi connectivity index (χ3v) is 5.35. The molecule has 2 N–H and O–H groups in total. The Morgan fingerprint density at radius 3 is 2.77 bits per heavy atom. The first-order chi connectivity index (χ1) is 10.7. The maximum atomic E-state index is 5.87. The third kappa shape index (κ3) is 3.96. The standard InChI is InChI=1S/C17H25N3OS/c1-12-3-6-14(7-4-12)22-10-9-19-17(18-2)20-15-11-13-5-8-16(15)21-13/h3-4,6-7,13,15-16H,5,8-11H2,1-2H3,(H2,18,19,20). The molecule has 0 saturated carbocycles. The number of thioether (sulfide) groups is 1. The molecule has 2 aliphatic heterocycles. The van der Waals surface area contributed by atoms with Crippen molar-refractivity contribution in [2.24, 2.45) is 4.99 Å². The zero-order valence-electron chi connectivity index (χ0n) is 13.3. The van der Waals surface area contributed by atoms with Crippen LogP contribution in [0.25, 0.3) is 0 Å². The molecule has 0 radical (unpaired) electrons. The Balaban J connectivity index is 1.37. The number of hydrogen-bond donors (Lipinski definition) is 2. The second-order valence-electron chi connectivity index (χ2n) is 6.02. The molecule has 120 valence electrons. The molecule has 1 aromatic rings. The molecule has 2 heterocycles. The summed E-state index contributed by atoms with van der Waals surface area (Å²) in [7, 11) is 1.83.